The van der Waals surface area contributed by atoms with Crippen LogP contribution in [0, 0.1) is 13.8 Å². The molecule has 28 heavy (non-hydrogen) atoms. The normalized spacial score (nSPS) is 15.2. The molecule has 0 saturated heterocycles. The van der Waals surface area contributed by atoms with Gasteiger partial charge in [-0.15, -0.1) is 0 Å². The predicted molar refractivity (Wildman–Crippen MR) is 117 cm³/mol. The van der Waals surface area contributed by atoms with E-state index in [1.54, 1.807) is 0 Å². The molecule has 0 aliphatic carbocycles. The average molecular weight is 386 g/mol. The Balaban J connectivity index is 1.84. The summed E-state index contributed by atoms with van der Waals surface area (Å²) in [6.07, 6.45) is 3.87. The van der Waals surface area contributed by atoms with Crippen LogP contribution < -0.4 is 4.90 Å². The molecular weight excluding hydrogens is 366 g/mol. The largest absolute Gasteiger partial charge is 0.276 e. The molecule has 0 fully saturated rings. The monoisotopic (exact) mass is 385 g/mol. The van der Waals surface area contributed by atoms with Crippen LogP contribution in [0.1, 0.15) is 22.3 Å². The molecule has 3 aromatic carbocycles. The molecule has 1 aliphatic rings. The number of halogens is 1. The topological polar surface area (TPSA) is 20.3 Å². The van der Waals surface area contributed by atoms with Gasteiger partial charge >= 0.3 is 0 Å². The van der Waals surface area contributed by atoms with E-state index in [-0.39, 0.29) is 5.91 Å². The Labute approximate surface area is 170 Å². The molecule has 0 radical (unpaired) electrons. The van der Waals surface area contributed by atoms with Gasteiger partial charge in [0.15, 0.2) is 0 Å². The Bertz CT molecular complexity index is 1100. The minimum atomic E-state index is -0.0271. The molecule has 3 heteroatoms. The van der Waals surface area contributed by atoms with Crippen molar-refractivity contribution in [2.24, 2.45) is 0 Å². The maximum Gasteiger partial charge on any atom is 0.262 e. The van der Waals surface area contributed by atoms with Crippen LogP contribution in [0.2, 0.25) is 5.02 Å². The molecule has 0 saturated carbocycles. The van der Waals surface area contributed by atoms with Crippen molar-refractivity contribution in [3.8, 4) is 0 Å². The highest BCUT2D eigenvalue weighted by atomic mass is 35.5. The van der Waals surface area contributed by atoms with Gasteiger partial charge in [-0.1, -0.05) is 71.8 Å². The molecule has 1 heterocycles. The Morgan fingerprint density at radius 3 is 2.29 bits per heavy atom. The van der Waals surface area contributed by atoms with Gasteiger partial charge in [0.2, 0.25) is 0 Å². The van der Waals surface area contributed by atoms with Gasteiger partial charge in [0.1, 0.15) is 0 Å². The van der Waals surface area contributed by atoms with Gasteiger partial charge in [0, 0.05) is 10.6 Å². The summed E-state index contributed by atoms with van der Waals surface area (Å²) in [5, 5.41) is 0.678. The first-order valence-electron chi connectivity index (χ1n) is 9.19. The van der Waals surface area contributed by atoms with Crippen LogP contribution in [0.4, 0.5) is 5.69 Å². The van der Waals surface area contributed by atoms with Crippen LogP contribution in [0.3, 0.4) is 0 Å². The molecule has 0 N–H and O–H groups in total. The lowest BCUT2D eigenvalue weighted by Crippen LogP contribution is -2.25. The number of carbonyl (C=O) groups excluding carboxylic acids is 1. The first kappa shape index (κ1) is 18.3. The molecule has 0 atom stereocenters. The Morgan fingerprint density at radius 2 is 1.61 bits per heavy atom. The van der Waals surface area contributed by atoms with E-state index in [9.17, 15) is 4.79 Å². The third-order valence-electron chi connectivity index (χ3n) is 4.84. The summed E-state index contributed by atoms with van der Waals surface area (Å²) in [6, 6.07) is 23.7. The number of hydrogen-bond donors (Lipinski definition) is 0. The third-order valence-corrected chi connectivity index (χ3v) is 5.09. The van der Waals surface area contributed by atoms with E-state index in [0.717, 1.165) is 28.1 Å². The van der Waals surface area contributed by atoms with E-state index in [0.29, 0.717) is 10.6 Å². The van der Waals surface area contributed by atoms with E-state index in [2.05, 4.69) is 13.0 Å². The van der Waals surface area contributed by atoms with Crippen molar-refractivity contribution in [2.75, 3.05) is 4.90 Å². The Morgan fingerprint density at radius 1 is 0.893 bits per heavy atom. The van der Waals surface area contributed by atoms with Crippen LogP contribution in [0.25, 0.3) is 11.8 Å². The molecule has 0 spiro atoms. The standard InChI is InChI=1S/C25H20ClNO/c1-17-8-13-23(18(2)14-17)27-24(20-6-4-3-5-7-20)16-21(25(27)28)15-19-9-11-22(26)12-10-19/h3-16H,1-2H3. The van der Waals surface area contributed by atoms with Crippen molar-refractivity contribution in [3.63, 3.8) is 0 Å². The lowest BCUT2D eigenvalue weighted by Gasteiger charge is -2.23. The number of rotatable bonds is 3. The number of aryl methyl sites for hydroxylation is 2. The van der Waals surface area contributed by atoms with E-state index < -0.39 is 0 Å². The van der Waals surface area contributed by atoms with Crippen LogP contribution in [-0.2, 0) is 4.79 Å². The highest BCUT2D eigenvalue weighted by Crippen LogP contribution is 2.37. The molecule has 1 aliphatic heterocycles. The summed E-state index contributed by atoms with van der Waals surface area (Å²) in [6.45, 7) is 4.10. The molecule has 1 amide bonds. The number of nitrogens with zero attached hydrogens (tertiary/aromatic N) is 1. The maximum absolute atomic E-state index is 13.4. The summed E-state index contributed by atoms with van der Waals surface area (Å²) in [5.74, 6) is -0.0271. The average Bonchev–Trinajstić information content (AvgIpc) is 3.01. The molecule has 3 aromatic rings. The fraction of sp³-hybridized carbons (Fsp3) is 0.0800. The molecule has 0 aromatic heterocycles. The van der Waals surface area contributed by atoms with E-state index in [4.69, 9.17) is 11.6 Å². The molecular formula is C25H20ClNO. The number of benzene rings is 3. The Kier molecular flexibility index (Phi) is 4.89. The van der Waals surface area contributed by atoms with E-state index in [1.807, 2.05) is 90.7 Å². The minimum Gasteiger partial charge on any atom is -0.276 e. The van der Waals surface area contributed by atoms with Crippen molar-refractivity contribution >= 4 is 35.0 Å². The highest BCUT2D eigenvalue weighted by Gasteiger charge is 2.31. The zero-order valence-corrected chi connectivity index (χ0v) is 16.6. The molecule has 138 valence electrons. The summed E-state index contributed by atoms with van der Waals surface area (Å²) in [7, 11) is 0. The van der Waals surface area contributed by atoms with Gasteiger partial charge < -0.3 is 0 Å². The maximum atomic E-state index is 13.4. The zero-order valence-electron chi connectivity index (χ0n) is 15.8. The second-order valence-corrected chi connectivity index (χ2v) is 7.41. The first-order chi connectivity index (χ1) is 13.5. The number of carbonyl (C=O) groups is 1. The van der Waals surface area contributed by atoms with E-state index in [1.165, 1.54) is 5.56 Å². The van der Waals surface area contributed by atoms with Crippen molar-refractivity contribution in [2.45, 2.75) is 13.8 Å². The van der Waals surface area contributed by atoms with Gasteiger partial charge in [-0.3, -0.25) is 9.69 Å². The van der Waals surface area contributed by atoms with Crippen molar-refractivity contribution in [3.05, 3.63) is 112 Å². The summed E-state index contributed by atoms with van der Waals surface area (Å²) >= 11 is 5.99. The minimum absolute atomic E-state index is 0.0271. The van der Waals surface area contributed by atoms with Crippen molar-refractivity contribution in [1.82, 2.24) is 0 Å². The molecule has 0 unspecified atom stereocenters. The quantitative estimate of drug-likeness (QED) is 0.476. The van der Waals surface area contributed by atoms with Crippen molar-refractivity contribution in [1.29, 1.82) is 0 Å². The number of amides is 1. The summed E-state index contributed by atoms with van der Waals surface area (Å²) in [5.41, 5.74) is 6.65. The SMILES string of the molecule is Cc1ccc(N2C(=O)C(=Cc3ccc(Cl)cc3)C=C2c2ccccc2)c(C)c1. The van der Waals surface area contributed by atoms with Gasteiger partial charge in [0.05, 0.1) is 11.4 Å². The third kappa shape index (κ3) is 3.51. The lowest BCUT2D eigenvalue weighted by atomic mass is 10.1. The summed E-state index contributed by atoms with van der Waals surface area (Å²) in [4.78, 5) is 15.2. The lowest BCUT2D eigenvalue weighted by molar-refractivity contribution is -0.113. The van der Waals surface area contributed by atoms with Gasteiger partial charge in [-0.05, 0) is 60.9 Å². The zero-order chi connectivity index (χ0) is 19.7. The summed E-state index contributed by atoms with van der Waals surface area (Å²) < 4.78 is 0. The highest BCUT2D eigenvalue weighted by molar-refractivity contribution is 6.30. The smallest absolute Gasteiger partial charge is 0.262 e. The van der Waals surface area contributed by atoms with Crippen LogP contribution >= 0.6 is 11.6 Å². The fourth-order valence-electron chi connectivity index (χ4n) is 3.47. The molecule has 0 bridgehead atoms. The van der Waals surface area contributed by atoms with Crippen LogP contribution in [-0.4, -0.2) is 5.91 Å². The molecule has 4 rings (SSSR count). The second kappa shape index (κ2) is 7.49. The van der Waals surface area contributed by atoms with Crippen LogP contribution in [0.5, 0.6) is 0 Å². The van der Waals surface area contributed by atoms with Gasteiger partial charge in [-0.2, -0.15) is 0 Å². The van der Waals surface area contributed by atoms with Gasteiger partial charge in [-0.25, -0.2) is 0 Å². The fourth-order valence-corrected chi connectivity index (χ4v) is 3.60. The Hall–Kier alpha value is -3.10. The first-order valence-corrected chi connectivity index (χ1v) is 9.57. The predicted octanol–water partition coefficient (Wildman–Crippen LogP) is 6.43. The van der Waals surface area contributed by atoms with Crippen LogP contribution in [0.15, 0.2) is 84.4 Å². The van der Waals surface area contributed by atoms with Gasteiger partial charge in [0.25, 0.3) is 5.91 Å². The van der Waals surface area contributed by atoms with E-state index >= 15 is 0 Å². The second-order valence-electron chi connectivity index (χ2n) is 6.98. The van der Waals surface area contributed by atoms with Crippen molar-refractivity contribution < 1.29 is 4.79 Å². The number of hydrogen-bond acceptors (Lipinski definition) is 1. The number of anilines is 1. The molecule has 2 nitrogen and oxygen atoms in total.